The molecule has 0 aliphatic rings. The summed E-state index contributed by atoms with van der Waals surface area (Å²) in [6, 6.07) is 12.9. The summed E-state index contributed by atoms with van der Waals surface area (Å²) in [4.78, 5) is 8.93. The van der Waals surface area contributed by atoms with Crippen LogP contribution in [0.4, 0.5) is 0 Å². The number of aromatic nitrogens is 2. The van der Waals surface area contributed by atoms with Crippen molar-refractivity contribution in [3.05, 3.63) is 46.9 Å². The third-order valence-corrected chi connectivity index (χ3v) is 4.92. The number of thiazole rings is 2. The van der Waals surface area contributed by atoms with Crippen LogP contribution >= 0.6 is 22.7 Å². The Morgan fingerprint density at radius 1 is 0.895 bits per heavy atom. The minimum atomic E-state index is 1.07. The molecule has 0 N–H and O–H groups in total. The van der Waals surface area contributed by atoms with E-state index in [1.165, 1.54) is 20.5 Å². The largest absolute Gasteiger partial charge is 0.245 e. The van der Waals surface area contributed by atoms with Crippen LogP contribution < -0.4 is 0 Å². The van der Waals surface area contributed by atoms with E-state index in [2.05, 4.69) is 46.4 Å². The number of hydrogen-bond donors (Lipinski definition) is 0. The van der Waals surface area contributed by atoms with E-state index in [1.807, 2.05) is 12.4 Å². The van der Waals surface area contributed by atoms with Crippen LogP contribution in [-0.4, -0.2) is 9.97 Å². The van der Waals surface area contributed by atoms with E-state index in [0.717, 1.165) is 16.0 Å². The zero-order valence-corrected chi connectivity index (χ0v) is 11.9. The van der Waals surface area contributed by atoms with Gasteiger partial charge in [-0.3, -0.25) is 0 Å². The second-order valence-corrected chi connectivity index (χ2v) is 6.57. The van der Waals surface area contributed by atoms with Gasteiger partial charge in [0.2, 0.25) is 0 Å². The highest BCUT2D eigenvalue weighted by molar-refractivity contribution is 7.18. The lowest BCUT2D eigenvalue weighted by Gasteiger charge is -2.01. The van der Waals surface area contributed by atoms with Gasteiger partial charge in [0.25, 0.3) is 0 Å². The quantitative estimate of drug-likeness (QED) is 0.497. The van der Waals surface area contributed by atoms with E-state index in [4.69, 9.17) is 0 Å². The van der Waals surface area contributed by atoms with E-state index in [-0.39, 0.29) is 0 Å². The van der Waals surface area contributed by atoms with Crippen molar-refractivity contribution in [3.8, 4) is 11.1 Å². The maximum Gasteiger partial charge on any atom is 0.0907 e. The third kappa shape index (κ3) is 1.84. The first-order valence-corrected chi connectivity index (χ1v) is 7.70. The normalized spacial score (nSPS) is 11.4. The van der Waals surface area contributed by atoms with Gasteiger partial charge in [0, 0.05) is 0 Å². The van der Waals surface area contributed by atoms with Crippen LogP contribution in [0.15, 0.2) is 41.9 Å². The highest BCUT2D eigenvalue weighted by atomic mass is 32.1. The monoisotopic (exact) mass is 282 g/mol. The fraction of sp³-hybridized carbons (Fsp3) is 0.0667. The summed E-state index contributed by atoms with van der Waals surface area (Å²) in [5.41, 5.74) is 6.44. The van der Waals surface area contributed by atoms with Gasteiger partial charge >= 0.3 is 0 Å². The predicted octanol–water partition coefficient (Wildman–Crippen LogP) is 4.88. The van der Waals surface area contributed by atoms with Gasteiger partial charge in [-0.2, -0.15) is 0 Å². The highest BCUT2D eigenvalue weighted by Gasteiger charge is 2.05. The molecule has 0 spiro atoms. The van der Waals surface area contributed by atoms with Crippen molar-refractivity contribution in [1.29, 1.82) is 0 Å². The predicted molar refractivity (Wildman–Crippen MR) is 83.0 cm³/mol. The first-order valence-electron chi connectivity index (χ1n) is 6.00. The van der Waals surface area contributed by atoms with Gasteiger partial charge in [0.1, 0.15) is 0 Å². The smallest absolute Gasteiger partial charge is 0.0907 e. The first-order chi connectivity index (χ1) is 9.29. The van der Waals surface area contributed by atoms with Crippen LogP contribution in [0.3, 0.4) is 0 Å². The third-order valence-electron chi connectivity index (χ3n) is 3.16. The summed E-state index contributed by atoms with van der Waals surface area (Å²) in [5.74, 6) is 0. The van der Waals surface area contributed by atoms with Crippen molar-refractivity contribution in [2.45, 2.75) is 6.92 Å². The summed E-state index contributed by atoms with van der Waals surface area (Å²) in [7, 11) is 0. The molecular formula is C15H10N2S2. The van der Waals surface area contributed by atoms with Crippen LogP contribution in [0.1, 0.15) is 5.01 Å². The fourth-order valence-electron chi connectivity index (χ4n) is 2.26. The molecule has 0 bridgehead atoms. The molecule has 2 aromatic heterocycles. The minimum Gasteiger partial charge on any atom is -0.245 e. The Bertz CT molecular complexity index is 889. The van der Waals surface area contributed by atoms with Crippen LogP contribution in [0.25, 0.3) is 31.6 Å². The zero-order valence-electron chi connectivity index (χ0n) is 10.3. The summed E-state index contributed by atoms with van der Waals surface area (Å²) in [5, 5.41) is 1.11. The van der Waals surface area contributed by atoms with Crippen LogP contribution in [0.2, 0.25) is 0 Å². The molecule has 2 heterocycles. The Balaban J connectivity index is 1.91. The molecule has 0 atom stereocenters. The highest BCUT2D eigenvalue weighted by Crippen LogP contribution is 2.29. The lowest BCUT2D eigenvalue weighted by molar-refractivity contribution is 1.35. The van der Waals surface area contributed by atoms with Gasteiger partial charge in [0.15, 0.2) is 0 Å². The van der Waals surface area contributed by atoms with Crippen molar-refractivity contribution in [1.82, 2.24) is 9.97 Å². The maximum atomic E-state index is 4.56. The van der Waals surface area contributed by atoms with Crippen LogP contribution in [0.5, 0.6) is 0 Å². The van der Waals surface area contributed by atoms with Crippen molar-refractivity contribution in [3.63, 3.8) is 0 Å². The Hall–Kier alpha value is -1.78. The fourth-order valence-corrected chi connectivity index (χ4v) is 3.73. The summed E-state index contributed by atoms with van der Waals surface area (Å²) >= 11 is 3.41. The number of benzene rings is 2. The van der Waals surface area contributed by atoms with Crippen molar-refractivity contribution in [2.24, 2.45) is 0 Å². The molecule has 19 heavy (non-hydrogen) atoms. The molecule has 0 saturated carbocycles. The molecule has 0 aliphatic heterocycles. The second-order valence-electron chi connectivity index (χ2n) is 4.45. The Morgan fingerprint density at radius 3 is 2.47 bits per heavy atom. The molecule has 4 rings (SSSR count). The molecule has 0 fully saturated rings. The molecule has 0 amide bonds. The molecule has 4 aromatic rings. The second kappa shape index (κ2) is 4.11. The molecule has 0 saturated heterocycles. The number of fused-ring (bicyclic) bond motifs is 2. The number of nitrogens with zero attached hydrogens (tertiary/aromatic N) is 2. The van der Waals surface area contributed by atoms with Crippen LogP contribution in [-0.2, 0) is 0 Å². The average molecular weight is 282 g/mol. The van der Waals surface area contributed by atoms with E-state index in [9.17, 15) is 0 Å². The summed E-state index contributed by atoms with van der Waals surface area (Å²) in [6.45, 7) is 2.05. The van der Waals surface area contributed by atoms with Crippen LogP contribution in [0, 0.1) is 6.92 Å². The number of hydrogen-bond acceptors (Lipinski definition) is 4. The molecule has 2 aromatic carbocycles. The van der Waals surface area contributed by atoms with Gasteiger partial charge in [-0.1, -0.05) is 12.1 Å². The average Bonchev–Trinajstić information content (AvgIpc) is 3.01. The Morgan fingerprint density at radius 2 is 1.63 bits per heavy atom. The molecule has 0 radical (unpaired) electrons. The van der Waals surface area contributed by atoms with Crippen molar-refractivity contribution in [2.75, 3.05) is 0 Å². The van der Waals surface area contributed by atoms with Gasteiger partial charge in [-0.15, -0.1) is 22.7 Å². The molecule has 2 nitrogen and oxygen atoms in total. The molecule has 92 valence electrons. The summed E-state index contributed by atoms with van der Waals surface area (Å²) < 4.78 is 2.48. The molecular weight excluding hydrogens is 272 g/mol. The maximum absolute atomic E-state index is 4.56. The van der Waals surface area contributed by atoms with Gasteiger partial charge in [-0.25, -0.2) is 9.97 Å². The van der Waals surface area contributed by atoms with E-state index in [0.29, 0.717) is 0 Å². The van der Waals surface area contributed by atoms with Gasteiger partial charge in [-0.05, 0) is 42.3 Å². The number of aryl methyl sites for hydroxylation is 1. The van der Waals surface area contributed by atoms with E-state index < -0.39 is 0 Å². The molecule has 0 aliphatic carbocycles. The van der Waals surface area contributed by atoms with Crippen molar-refractivity contribution < 1.29 is 0 Å². The topological polar surface area (TPSA) is 25.8 Å². The van der Waals surface area contributed by atoms with Gasteiger partial charge in [0.05, 0.1) is 31.0 Å². The first kappa shape index (κ1) is 11.1. The van der Waals surface area contributed by atoms with Gasteiger partial charge < -0.3 is 0 Å². The Kier molecular flexibility index (Phi) is 2.40. The summed E-state index contributed by atoms with van der Waals surface area (Å²) in [6.07, 6.45) is 0. The SMILES string of the molecule is Cc1nc2cc(-c3ccc4scnc4c3)ccc2s1. The minimum absolute atomic E-state index is 1.07. The Labute approximate surface area is 118 Å². The van der Waals surface area contributed by atoms with E-state index in [1.54, 1.807) is 22.7 Å². The molecule has 0 unspecified atom stereocenters. The lowest BCUT2D eigenvalue weighted by atomic mass is 10.1. The lowest BCUT2D eigenvalue weighted by Crippen LogP contribution is -1.78. The van der Waals surface area contributed by atoms with Crippen molar-refractivity contribution >= 4 is 43.1 Å². The standard InChI is InChI=1S/C15H10N2S2/c1-9-17-13-7-11(3-5-15(13)19-9)10-2-4-14-12(6-10)16-8-18-14/h2-8H,1H3. The zero-order chi connectivity index (χ0) is 12.8. The molecule has 4 heteroatoms. The van der Waals surface area contributed by atoms with E-state index >= 15 is 0 Å². The number of rotatable bonds is 1.